The van der Waals surface area contributed by atoms with Crippen molar-refractivity contribution in [3.63, 3.8) is 0 Å². The van der Waals surface area contributed by atoms with Gasteiger partial charge in [0.05, 0.1) is 6.10 Å². The van der Waals surface area contributed by atoms with Crippen molar-refractivity contribution in [2.75, 3.05) is 0 Å². The van der Waals surface area contributed by atoms with Crippen LogP contribution in [0.4, 0.5) is 0 Å². The lowest BCUT2D eigenvalue weighted by Gasteiger charge is -2.25. The molecule has 1 rings (SSSR count). The molecular formula is C10H13NO4P-. The number of nitrogens with one attached hydrogen (secondary N) is 1. The number of hydrogen-bond acceptors (Lipinski definition) is 4. The first-order chi connectivity index (χ1) is 7.41. The van der Waals surface area contributed by atoms with Gasteiger partial charge < -0.3 is 9.42 Å². The van der Waals surface area contributed by atoms with Crippen LogP contribution in [-0.4, -0.2) is 12.0 Å². The highest BCUT2D eigenvalue weighted by molar-refractivity contribution is 7.50. The van der Waals surface area contributed by atoms with Crippen LogP contribution < -0.4 is 9.98 Å². The van der Waals surface area contributed by atoms with Gasteiger partial charge in [0.15, 0.2) is 0 Å². The third kappa shape index (κ3) is 4.14. The molecule has 0 aliphatic carbocycles. The summed E-state index contributed by atoms with van der Waals surface area (Å²) in [5, 5.41) is 1.84. The summed E-state index contributed by atoms with van der Waals surface area (Å²) in [7, 11) is -4.32. The van der Waals surface area contributed by atoms with Gasteiger partial charge in [-0.3, -0.25) is 14.4 Å². The zero-order chi connectivity index (χ0) is 12.2. The van der Waals surface area contributed by atoms with Crippen LogP contribution in [0.15, 0.2) is 30.3 Å². The first-order valence-corrected chi connectivity index (χ1v) is 6.32. The van der Waals surface area contributed by atoms with E-state index in [1.165, 1.54) is 12.1 Å². The van der Waals surface area contributed by atoms with E-state index in [9.17, 15) is 14.3 Å². The van der Waals surface area contributed by atoms with E-state index in [-0.39, 0.29) is 5.56 Å². The monoisotopic (exact) mass is 242 g/mol. The van der Waals surface area contributed by atoms with Crippen LogP contribution in [0.5, 0.6) is 0 Å². The molecule has 0 saturated heterocycles. The molecule has 1 unspecified atom stereocenters. The summed E-state index contributed by atoms with van der Waals surface area (Å²) in [6.07, 6.45) is -0.501. The van der Waals surface area contributed by atoms with Crippen molar-refractivity contribution < 1.29 is 18.8 Å². The molecular weight excluding hydrogens is 229 g/mol. The molecule has 0 fully saturated rings. The maximum absolute atomic E-state index is 11.5. The summed E-state index contributed by atoms with van der Waals surface area (Å²) in [6.45, 7) is 3.14. The topological polar surface area (TPSA) is 78.5 Å². The molecule has 0 bridgehead atoms. The molecule has 0 heterocycles. The SMILES string of the molecule is CC(C)OP(=O)([O-])NC(=O)c1ccccc1. The van der Waals surface area contributed by atoms with Gasteiger partial charge in [0.1, 0.15) is 0 Å². The van der Waals surface area contributed by atoms with Crippen LogP contribution in [0.2, 0.25) is 0 Å². The van der Waals surface area contributed by atoms with Gasteiger partial charge in [-0.25, -0.2) is 0 Å². The lowest BCUT2D eigenvalue weighted by molar-refractivity contribution is -0.203. The Kier molecular flexibility index (Phi) is 4.24. The van der Waals surface area contributed by atoms with Crippen molar-refractivity contribution in [2.45, 2.75) is 20.0 Å². The molecule has 0 saturated carbocycles. The standard InChI is InChI=1S/C10H14NO4P/c1-8(2)15-16(13,14)11-10(12)9-6-4-3-5-7-9/h3-8H,1-2H3,(H2,11,12,13,14)/p-1. The van der Waals surface area contributed by atoms with Gasteiger partial charge in [-0.15, -0.1) is 0 Å². The number of carbonyl (C=O) groups is 1. The summed E-state index contributed by atoms with van der Waals surface area (Å²) in [5.41, 5.74) is 0.269. The fourth-order valence-electron chi connectivity index (χ4n) is 1.08. The van der Waals surface area contributed by atoms with E-state index >= 15 is 0 Å². The smallest absolute Gasteiger partial charge is 0.257 e. The molecule has 1 atom stereocenters. The van der Waals surface area contributed by atoms with Crippen LogP contribution in [0.3, 0.4) is 0 Å². The molecule has 0 radical (unpaired) electrons. The van der Waals surface area contributed by atoms with Gasteiger partial charge in [0, 0.05) is 5.56 Å². The number of amides is 1. The highest BCUT2D eigenvalue weighted by atomic mass is 31.2. The van der Waals surface area contributed by atoms with Gasteiger partial charge in [-0.2, -0.15) is 0 Å². The lowest BCUT2D eigenvalue weighted by atomic mass is 10.2. The number of carbonyl (C=O) groups excluding carboxylic acids is 1. The average molecular weight is 242 g/mol. The molecule has 5 nitrogen and oxygen atoms in total. The van der Waals surface area contributed by atoms with E-state index < -0.39 is 19.8 Å². The van der Waals surface area contributed by atoms with Gasteiger partial charge in [0.2, 0.25) is 7.75 Å². The summed E-state index contributed by atoms with van der Waals surface area (Å²) in [4.78, 5) is 22.8. The van der Waals surface area contributed by atoms with Crippen molar-refractivity contribution in [1.82, 2.24) is 5.09 Å². The Morgan fingerprint density at radius 3 is 2.44 bits per heavy atom. The first kappa shape index (κ1) is 12.9. The van der Waals surface area contributed by atoms with Crippen molar-refractivity contribution >= 4 is 13.7 Å². The minimum absolute atomic E-state index is 0.269. The molecule has 1 aromatic carbocycles. The number of rotatable bonds is 4. The van der Waals surface area contributed by atoms with Crippen molar-refractivity contribution in [3.05, 3.63) is 35.9 Å². The van der Waals surface area contributed by atoms with Crippen LogP contribution in [0.25, 0.3) is 0 Å². The predicted molar refractivity (Wildman–Crippen MR) is 57.7 cm³/mol. The van der Waals surface area contributed by atoms with Crippen molar-refractivity contribution in [3.8, 4) is 0 Å². The van der Waals surface area contributed by atoms with Crippen LogP contribution in [0.1, 0.15) is 24.2 Å². The van der Waals surface area contributed by atoms with Gasteiger partial charge in [-0.1, -0.05) is 18.2 Å². The van der Waals surface area contributed by atoms with E-state index in [4.69, 9.17) is 0 Å². The molecule has 88 valence electrons. The number of hydrogen-bond donors (Lipinski definition) is 1. The normalized spacial score (nSPS) is 14.5. The van der Waals surface area contributed by atoms with Crippen LogP contribution in [0, 0.1) is 0 Å². The van der Waals surface area contributed by atoms with Crippen LogP contribution in [-0.2, 0) is 9.09 Å². The second kappa shape index (κ2) is 5.25. The zero-order valence-corrected chi connectivity index (χ0v) is 9.94. The summed E-state index contributed by atoms with van der Waals surface area (Å²) in [5.74, 6) is -0.695. The van der Waals surface area contributed by atoms with E-state index in [1.807, 2.05) is 5.09 Å². The zero-order valence-electron chi connectivity index (χ0n) is 9.04. The number of benzene rings is 1. The molecule has 1 amide bonds. The Hall–Kier alpha value is -1.16. The fourth-order valence-corrected chi connectivity index (χ4v) is 2.07. The summed E-state index contributed by atoms with van der Waals surface area (Å²) in [6, 6.07) is 8.06. The maximum atomic E-state index is 11.5. The van der Waals surface area contributed by atoms with Gasteiger partial charge in [0.25, 0.3) is 5.91 Å². The minimum atomic E-state index is -4.32. The molecule has 0 aliphatic heterocycles. The molecule has 0 aliphatic rings. The Balaban J connectivity index is 2.68. The highest BCUT2D eigenvalue weighted by Crippen LogP contribution is 2.33. The third-order valence-electron chi connectivity index (χ3n) is 1.62. The van der Waals surface area contributed by atoms with E-state index in [0.717, 1.165) is 0 Å². The van der Waals surface area contributed by atoms with Crippen molar-refractivity contribution in [2.24, 2.45) is 0 Å². The Bertz CT molecular complexity index is 405. The average Bonchev–Trinajstić information content (AvgIpc) is 2.16. The third-order valence-corrected chi connectivity index (χ3v) is 2.80. The first-order valence-electron chi connectivity index (χ1n) is 4.78. The van der Waals surface area contributed by atoms with E-state index in [2.05, 4.69) is 4.52 Å². The lowest BCUT2D eigenvalue weighted by Crippen LogP contribution is -2.28. The maximum Gasteiger partial charge on any atom is 0.257 e. The second-order valence-electron chi connectivity index (χ2n) is 3.46. The van der Waals surface area contributed by atoms with E-state index in [1.54, 1.807) is 32.0 Å². The van der Waals surface area contributed by atoms with Gasteiger partial charge >= 0.3 is 0 Å². The molecule has 1 aromatic rings. The largest absolute Gasteiger partial charge is 0.762 e. The molecule has 0 aromatic heterocycles. The van der Waals surface area contributed by atoms with Gasteiger partial charge in [-0.05, 0) is 26.0 Å². The molecule has 6 heteroatoms. The Morgan fingerprint density at radius 1 is 1.38 bits per heavy atom. The predicted octanol–water partition coefficient (Wildman–Crippen LogP) is 1.31. The van der Waals surface area contributed by atoms with Crippen molar-refractivity contribution in [1.29, 1.82) is 0 Å². The second-order valence-corrected chi connectivity index (χ2v) is 4.89. The van der Waals surface area contributed by atoms with Crippen LogP contribution >= 0.6 is 7.75 Å². The molecule has 0 spiro atoms. The highest BCUT2D eigenvalue weighted by Gasteiger charge is 2.15. The molecule has 1 N–H and O–H groups in total. The quantitative estimate of drug-likeness (QED) is 0.807. The minimum Gasteiger partial charge on any atom is -0.762 e. The van der Waals surface area contributed by atoms with E-state index in [0.29, 0.717) is 0 Å². The summed E-state index contributed by atoms with van der Waals surface area (Å²) >= 11 is 0. The fraction of sp³-hybridized carbons (Fsp3) is 0.300. The molecule has 16 heavy (non-hydrogen) atoms. The summed E-state index contributed by atoms with van der Waals surface area (Å²) < 4.78 is 15.9. The Morgan fingerprint density at radius 2 is 1.94 bits per heavy atom. The Labute approximate surface area is 94.0 Å².